The molecule has 0 bridgehead atoms. The van der Waals surface area contributed by atoms with Gasteiger partial charge in [0.25, 0.3) is 0 Å². The highest BCUT2D eigenvalue weighted by Gasteiger charge is 2.23. The molecule has 0 N–H and O–H groups in total. The molecule has 3 heterocycles. The second-order valence-electron chi connectivity index (χ2n) is 5.59. The van der Waals surface area contributed by atoms with Crippen molar-refractivity contribution < 1.29 is 4.39 Å². The molecular weight excluding hydrogens is 281 g/mol. The summed E-state index contributed by atoms with van der Waals surface area (Å²) < 4.78 is 15.6. The van der Waals surface area contributed by atoms with E-state index in [4.69, 9.17) is 0 Å². The summed E-state index contributed by atoms with van der Waals surface area (Å²) in [7, 11) is 0. The SMILES string of the molecule is Fc1ccc2ncnc(N3CCCC(n4cccn4)C3)c2c1. The fraction of sp³-hybridized carbons (Fsp3) is 0.312. The Kier molecular flexibility index (Phi) is 3.21. The molecule has 0 radical (unpaired) electrons. The highest BCUT2D eigenvalue weighted by atomic mass is 19.1. The summed E-state index contributed by atoms with van der Waals surface area (Å²) in [6.07, 6.45) is 7.49. The van der Waals surface area contributed by atoms with Gasteiger partial charge < -0.3 is 4.90 Å². The standard InChI is InChI=1S/C16H16FN5/c17-12-4-5-15-14(9-12)16(19-11-18-15)21-7-1-3-13(10-21)22-8-2-6-20-22/h2,4-6,8-9,11,13H,1,3,7,10H2. The Bertz CT molecular complexity index is 786. The molecule has 3 aromatic rings. The van der Waals surface area contributed by atoms with Crippen molar-refractivity contribution in [2.24, 2.45) is 0 Å². The summed E-state index contributed by atoms with van der Waals surface area (Å²) in [5, 5.41) is 5.11. The van der Waals surface area contributed by atoms with Crippen LogP contribution in [0, 0.1) is 5.82 Å². The monoisotopic (exact) mass is 297 g/mol. The van der Waals surface area contributed by atoms with Crippen molar-refractivity contribution in [1.82, 2.24) is 19.7 Å². The molecule has 6 heteroatoms. The minimum Gasteiger partial charge on any atom is -0.354 e. The number of halogens is 1. The quantitative estimate of drug-likeness (QED) is 0.730. The van der Waals surface area contributed by atoms with Crippen LogP contribution >= 0.6 is 0 Å². The molecule has 0 aliphatic carbocycles. The van der Waals surface area contributed by atoms with Crippen LogP contribution in [0.4, 0.5) is 10.2 Å². The summed E-state index contributed by atoms with van der Waals surface area (Å²) >= 11 is 0. The third-order valence-corrected chi connectivity index (χ3v) is 4.17. The average molecular weight is 297 g/mol. The highest BCUT2D eigenvalue weighted by molar-refractivity contribution is 5.89. The first-order valence-corrected chi connectivity index (χ1v) is 7.45. The molecule has 4 rings (SSSR count). The van der Waals surface area contributed by atoms with Gasteiger partial charge in [0.2, 0.25) is 0 Å². The second-order valence-corrected chi connectivity index (χ2v) is 5.59. The zero-order valence-corrected chi connectivity index (χ0v) is 12.1. The van der Waals surface area contributed by atoms with Gasteiger partial charge >= 0.3 is 0 Å². The van der Waals surface area contributed by atoms with Gasteiger partial charge in [-0.3, -0.25) is 4.68 Å². The molecule has 2 aromatic heterocycles. The normalized spacial score (nSPS) is 18.8. The zero-order chi connectivity index (χ0) is 14.9. The lowest BCUT2D eigenvalue weighted by Gasteiger charge is -2.34. The van der Waals surface area contributed by atoms with E-state index in [2.05, 4.69) is 20.0 Å². The predicted molar refractivity (Wildman–Crippen MR) is 82.2 cm³/mol. The molecule has 0 amide bonds. The number of aromatic nitrogens is 4. The van der Waals surface area contributed by atoms with Crippen LogP contribution in [0.3, 0.4) is 0 Å². The first kappa shape index (κ1) is 13.2. The first-order chi connectivity index (χ1) is 10.8. The summed E-state index contributed by atoms with van der Waals surface area (Å²) in [6, 6.07) is 6.91. The Morgan fingerprint density at radius 3 is 3.05 bits per heavy atom. The van der Waals surface area contributed by atoms with Crippen molar-refractivity contribution in [2.45, 2.75) is 18.9 Å². The van der Waals surface area contributed by atoms with Crippen LogP contribution in [0.15, 0.2) is 43.0 Å². The van der Waals surface area contributed by atoms with Crippen LogP contribution in [0.5, 0.6) is 0 Å². The van der Waals surface area contributed by atoms with Gasteiger partial charge in [-0.2, -0.15) is 5.10 Å². The highest BCUT2D eigenvalue weighted by Crippen LogP contribution is 2.29. The van der Waals surface area contributed by atoms with Crippen molar-refractivity contribution in [3.05, 3.63) is 48.8 Å². The summed E-state index contributed by atoms with van der Waals surface area (Å²) in [4.78, 5) is 10.8. The number of hydrogen-bond acceptors (Lipinski definition) is 4. The van der Waals surface area contributed by atoms with Crippen molar-refractivity contribution in [1.29, 1.82) is 0 Å². The van der Waals surface area contributed by atoms with Gasteiger partial charge in [-0.25, -0.2) is 14.4 Å². The number of nitrogens with zero attached hydrogens (tertiary/aromatic N) is 5. The van der Waals surface area contributed by atoms with E-state index in [9.17, 15) is 4.39 Å². The van der Waals surface area contributed by atoms with E-state index >= 15 is 0 Å². The molecule has 1 aromatic carbocycles. The summed E-state index contributed by atoms with van der Waals surface area (Å²) in [6.45, 7) is 1.74. The first-order valence-electron chi connectivity index (χ1n) is 7.45. The number of hydrogen-bond donors (Lipinski definition) is 0. The summed E-state index contributed by atoms with van der Waals surface area (Å²) in [5.41, 5.74) is 0.771. The van der Waals surface area contributed by atoms with E-state index in [1.54, 1.807) is 18.6 Å². The maximum absolute atomic E-state index is 13.6. The van der Waals surface area contributed by atoms with E-state index in [0.717, 1.165) is 42.7 Å². The second kappa shape index (κ2) is 5.36. The Morgan fingerprint density at radius 1 is 1.23 bits per heavy atom. The van der Waals surface area contributed by atoms with E-state index < -0.39 is 0 Å². The number of piperidine rings is 1. The topological polar surface area (TPSA) is 46.8 Å². The third kappa shape index (κ3) is 2.30. The van der Waals surface area contributed by atoms with Gasteiger partial charge in [-0.05, 0) is 37.1 Å². The molecule has 0 saturated carbocycles. The van der Waals surface area contributed by atoms with Crippen LogP contribution in [0.25, 0.3) is 10.9 Å². The van der Waals surface area contributed by atoms with Crippen LogP contribution < -0.4 is 4.90 Å². The van der Waals surface area contributed by atoms with E-state index in [1.165, 1.54) is 12.1 Å². The van der Waals surface area contributed by atoms with Crippen LogP contribution in [-0.2, 0) is 0 Å². The van der Waals surface area contributed by atoms with Gasteiger partial charge in [-0.1, -0.05) is 0 Å². The molecule has 1 saturated heterocycles. The minimum absolute atomic E-state index is 0.260. The third-order valence-electron chi connectivity index (χ3n) is 4.17. The molecule has 1 atom stereocenters. The summed E-state index contributed by atoms with van der Waals surface area (Å²) in [5.74, 6) is 0.547. The van der Waals surface area contributed by atoms with E-state index in [-0.39, 0.29) is 5.82 Å². The van der Waals surface area contributed by atoms with Crippen LogP contribution in [0.2, 0.25) is 0 Å². The van der Waals surface area contributed by atoms with Gasteiger partial charge in [0.05, 0.1) is 11.6 Å². The fourth-order valence-electron chi connectivity index (χ4n) is 3.13. The Balaban J connectivity index is 1.70. The lowest BCUT2D eigenvalue weighted by atomic mass is 10.1. The molecular formula is C16H16FN5. The maximum atomic E-state index is 13.6. The Labute approximate surface area is 127 Å². The molecule has 5 nitrogen and oxygen atoms in total. The number of benzene rings is 1. The fourth-order valence-corrected chi connectivity index (χ4v) is 3.13. The smallest absolute Gasteiger partial charge is 0.140 e. The van der Waals surface area contributed by atoms with Crippen molar-refractivity contribution in [3.63, 3.8) is 0 Å². The largest absolute Gasteiger partial charge is 0.354 e. The van der Waals surface area contributed by atoms with Gasteiger partial charge in [0.1, 0.15) is 18.0 Å². The van der Waals surface area contributed by atoms with Gasteiger partial charge in [0.15, 0.2) is 0 Å². The van der Waals surface area contributed by atoms with E-state index in [1.807, 2.05) is 16.9 Å². The number of anilines is 1. The lowest BCUT2D eigenvalue weighted by molar-refractivity contribution is 0.375. The molecule has 1 aliphatic heterocycles. The molecule has 112 valence electrons. The zero-order valence-electron chi connectivity index (χ0n) is 12.1. The van der Waals surface area contributed by atoms with Gasteiger partial charge in [-0.15, -0.1) is 0 Å². The molecule has 22 heavy (non-hydrogen) atoms. The number of fused-ring (bicyclic) bond motifs is 1. The molecule has 1 unspecified atom stereocenters. The van der Waals surface area contributed by atoms with Crippen LogP contribution in [-0.4, -0.2) is 32.8 Å². The van der Waals surface area contributed by atoms with Gasteiger partial charge in [0, 0.05) is 30.9 Å². The minimum atomic E-state index is -0.260. The average Bonchev–Trinajstić information content (AvgIpc) is 3.09. The van der Waals surface area contributed by atoms with Crippen molar-refractivity contribution in [2.75, 3.05) is 18.0 Å². The number of rotatable bonds is 2. The molecule has 0 spiro atoms. The van der Waals surface area contributed by atoms with Crippen molar-refractivity contribution >= 4 is 16.7 Å². The maximum Gasteiger partial charge on any atom is 0.140 e. The molecule has 1 fully saturated rings. The van der Waals surface area contributed by atoms with E-state index in [0.29, 0.717) is 6.04 Å². The van der Waals surface area contributed by atoms with Crippen LogP contribution in [0.1, 0.15) is 18.9 Å². The lowest BCUT2D eigenvalue weighted by Crippen LogP contribution is -2.37. The Morgan fingerprint density at radius 2 is 2.18 bits per heavy atom. The molecule has 1 aliphatic rings. The predicted octanol–water partition coefficient (Wildman–Crippen LogP) is 2.81. The Hall–Kier alpha value is -2.50. The van der Waals surface area contributed by atoms with Crippen molar-refractivity contribution in [3.8, 4) is 0 Å².